The first-order valence-corrected chi connectivity index (χ1v) is 6.52. The smallest absolute Gasteiger partial charge is 0.335 e. The number of carboxylic acid groups (broad SMARTS) is 1. The van der Waals surface area contributed by atoms with Gasteiger partial charge in [0.15, 0.2) is 0 Å². The predicted octanol–water partition coefficient (Wildman–Crippen LogP) is 1.60. The second-order valence-electron chi connectivity index (χ2n) is 4.45. The Balaban J connectivity index is 2.28. The maximum absolute atomic E-state index is 12.1. The lowest BCUT2D eigenvalue weighted by molar-refractivity contribution is -0.131. The van der Waals surface area contributed by atoms with Gasteiger partial charge >= 0.3 is 5.97 Å². The van der Waals surface area contributed by atoms with Crippen LogP contribution in [-0.2, 0) is 11.3 Å². The van der Waals surface area contributed by atoms with E-state index in [-0.39, 0.29) is 18.0 Å². The number of hydrogen-bond acceptors (Lipinski definition) is 3. The van der Waals surface area contributed by atoms with Gasteiger partial charge in [-0.15, -0.1) is 0 Å². The molecule has 0 aliphatic heterocycles. The van der Waals surface area contributed by atoms with Crippen molar-refractivity contribution < 1.29 is 14.7 Å². The van der Waals surface area contributed by atoms with Crippen LogP contribution in [0.3, 0.4) is 0 Å². The van der Waals surface area contributed by atoms with Gasteiger partial charge < -0.3 is 14.6 Å². The summed E-state index contributed by atoms with van der Waals surface area (Å²) in [5.41, 5.74) is 1.53. The molecular formula is C14H17N3O3. The number of benzene rings is 1. The first-order chi connectivity index (χ1) is 9.56. The van der Waals surface area contributed by atoms with Gasteiger partial charge in [-0.25, -0.2) is 9.78 Å². The number of aromatic nitrogens is 2. The van der Waals surface area contributed by atoms with E-state index < -0.39 is 5.97 Å². The van der Waals surface area contributed by atoms with Crippen LogP contribution in [-0.4, -0.2) is 44.5 Å². The molecule has 106 valence electrons. The van der Waals surface area contributed by atoms with E-state index >= 15 is 0 Å². The molecule has 1 amide bonds. The number of likely N-dealkylation sites (N-methyl/N-ethyl adjacent to an activating group) is 1. The molecule has 0 aliphatic rings. The molecule has 1 heterocycles. The third kappa shape index (κ3) is 2.64. The summed E-state index contributed by atoms with van der Waals surface area (Å²) in [6, 6.07) is 4.71. The Hall–Kier alpha value is -2.37. The maximum Gasteiger partial charge on any atom is 0.335 e. The van der Waals surface area contributed by atoms with Gasteiger partial charge in [0.05, 0.1) is 22.9 Å². The molecule has 0 unspecified atom stereocenters. The van der Waals surface area contributed by atoms with Crippen molar-refractivity contribution in [3.8, 4) is 0 Å². The fraction of sp³-hybridized carbons (Fsp3) is 0.357. The molecule has 0 saturated carbocycles. The lowest BCUT2D eigenvalue weighted by Gasteiger charge is -2.18. The normalized spacial score (nSPS) is 10.7. The van der Waals surface area contributed by atoms with Crippen molar-refractivity contribution in [3.05, 3.63) is 30.1 Å². The first-order valence-electron chi connectivity index (χ1n) is 6.52. The number of nitrogens with zero attached hydrogens (tertiary/aromatic N) is 3. The number of imidazole rings is 1. The second kappa shape index (κ2) is 5.73. The van der Waals surface area contributed by atoms with E-state index in [1.54, 1.807) is 21.9 Å². The third-order valence-electron chi connectivity index (χ3n) is 3.29. The molecule has 6 nitrogen and oxygen atoms in total. The van der Waals surface area contributed by atoms with E-state index in [9.17, 15) is 9.59 Å². The van der Waals surface area contributed by atoms with Crippen LogP contribution in [0.25, 0.3) is 11.0 Å². The van der Waals surface area contributed by atoms with E-state index in [0.29, 0.717) is 18.6 Å². The van der Waals surface area contributed by atoms with Gasteiger partial charge in [0.25, 0.3) is 0 Å². The topological polar surface area (TPSA) is 75.4 Å². The van der Waals surface area contributed by atoms with Crippen LogP contribution in [0.15, 0.2) is 24.5 Å². The Morgan fingerprint density at radius 2 is 2.00 bits per heavy atom. The van der Waals surface area contributed by atoms with E-state index in [1.165, 1.54) is 12.1 Å². The number of aromatic carboxylic acids is 1. The number of carbonyl (C=O) groups is 2. The lowest BCUT2D eigenvalue weighted by Crippen LogP contribution is -2.33. The minimum absolute atomic E-state index is 0.0246. The highest BCUT2D eigenvalue weighted by molar-refractivity contribution is 5.92. The fourth-order valence-corrected chi connectivity index (χ4v) is 2.14. The van der Waals surface area contributed by atoms with Crippen LogP contribution in [0.2, 0.25) is 0 Å². The molecule has 0 atom stereocenters. The largest absolute Gasteiger partial charge is 0.478 e. The molecule has 0 bridgehead atoms. The molecule has 1 aromatic heterocycles. The molecular weight excluding hydrogens is 258 g/mol. The van der Waals surface area contributed by atoms with E-state index in [1.807, 2.05) is 13.8 Å². The average molecular weight is 275 g/mol. The van der Waals surface area contributed by atoms with Gasteiger partial charge in [-0.05, 0) is 32.0 Å². The Kier molecular flexibility index (Phi) is 4.02. The second-order valence-corrected chi connectivity index (χ2v) is 4.45. The Labute approximate surface area is 116 Å². The zero-order chi connectivity index (χ0) is 14.7. The van der Waals surface area contributed by atoms with Crippen molar-refractivity contribution in [1.82, 2.24) is 14.5 Å². The standard InChI is InChI=1S/C14H17N3O3/c1-3-16(4-2)13(18)8-17-9-15-11-7-10(14(19)20)5-6-12(11)17/h5-7,9H,3-4,8H2,1-2H3,(H,19,20). The molecule has 1 N–H and O–H groups in total. The average Bonchev–Trinajstić information content (AvgIpc) is 2.82. The minimum atomic E-state index is -0.985. The summed E-state index contributed by atoms with van der Waals surface area (Å²) in [5.74, 6) is -0.961. The van der Waals surface area contributed by atoms with Crippen molar-refractivity contribution in [3.63, 3.8) is 0 Å². The van der Waals surface area contributed by atoms with Crippen molar-refractivity contribution in [2.75, 3.05) is 13.1 Å². The van der Waals surface area contributed by atoms with Crippen LogP contribution in [0.4, 0.5) is 0 Å². The molecule has 2 rings (SSSR count). The van der Waals surface area contributed by atoms with Gasteiger partial charge in [-0.2, -0.15) is 0 Å². The van der Waals surface area contributed by atoms with Crippen molar-refractivity contribution in [2.24, 2.45) is 0 Å². The number of rotatable bonds is 5. The quantitative estimate of drug-likeness (QED) is 0.899. The van der Waals surface area contributed by atoms with Crippen LogP contribution in [0.1, 0.15) is 24.2 Å². The minimum Gasteiger partial charge on any atom is -0.478 e. The number of amides is 1. The number of carboxylic acids is 1. The molecule has 1 aromatic carbocycles. The molecule has 0 fully saturated rings. The van der Waals surface area contributed by atoms with Gasteiger partial charge in [0.2, 0.25) is 5.91 Å². The summed E-state index contributed by atoms with van der Waals surface area (Å²) < 4.78 is 1.74. The van der Waals surface area contributed by atoms with Gasteiger partial charge in [0.1, 0.15) is 6.54 Å². The summed E-state index contributed by atoms with van der Waals surface area (Å²) in [6.07, 6.45) is 1.57. The van der Waals surface area contributed by atoms with Gasteiger partial charge in [-0.1, -0.05) is 0 Å². The van der Waals surface area contributed by atoms with Crippen LogP contribution >= 0.6 is 0 Å². The highest BCUT2D eigenvalue weighted by Gasteiger charge is 2.13. The molecule has 20 heavy (non-hydrogen) atoms. The first kappa shape index (κ1) is 14.0. The highest BCUT2D eigenvalue weighted by Crippen LogP contribution is 2.15. The Morgan fingerprint density at radius 1 is 1.30 bits per heavy atom. The fourth-order valence-electron chi connectivity index (χ4n) is 2.14. The summed E-state index contributed by atoms with van der Waals surface area (Å²) in [4.78, 5) is 28.9. The maximum atomic E-state index is 12.1. The highest BCUT2D eigenvalue weighted by atomic mass is 16.4. The van der Waals surface area contributed by atoms with Crippen LogP contribution < -0.4 is 0 Å². The molecule has 0 spiro atoms. The Morgan fingerprint density at radius 3 is 2.60 bits per heavy atom. The molecule has 6 heteroatoms. The predicted molar refractivity (Wildman–Crippen MR) is 74.6 cm³/mol. The summed E-state index contributed by atoms with van der Waals surface area (Å²) in [7, 11) is 0. The number of hydrogen-bond donors (Lipinski definition) is 1. The van der Waals surface area contributed by atoms with Crippen molar-refractivity contribution in [2.45, 2.75) is 20.4 Å². The van der Waals surface area contributed by atoms with Gasteiger partial charge in [-0.3, -0.25) is 4.79 Å². The molecule has 0 aliphatic carbocycles. The molecule has 0 radical (unpaired) electrons. The van der Waals surface area contributed by atoms with Crippen LogP contribution in [0, 0.1) is 0 Å². The zero-order valence-electron chi connectivity index (χ0n) is 11.5. The summed E-state index contributed by atoms with van der Waals surface area (Å²) in [6.45, 7) is 5.43. The van der Waals surface area contributed by atoms with Crippen molar-refractivity contribution in [1.29, 1.82) is 0 Å². The Bertz CT molecular complexity index is 644. The van der Waals surface area contributed by atoms with Gasteiger partial charge in [0, 0.05) is 13.1 Å². The molecule has 0 saturated heterocycles. The zero-order valence-corrected chi connectivity index (χ0v) is 11.5. The van der Waals surface area contributed by atoms with Crippen LogP contribution in [0.5, 0.6) is 0 Å². The van der Waals surface area contributed by atoms with E-state index in [2.05, 4.69) is 4.98 Å². The SMILES string of the molecule is CCN(CC)C(=O)Cn1cnc2cc(C(=O)O)ccc21. The molecule has 2 aromatic rings. The number of fused-ring (bicyclic) bond motifs is 1. The monoisotopic (exact) mass is 275 g/mol. The summed E-state index contributed by atoms with van der Waals surface area (Å²) in [5, 5.41) is 8.94. The van der Waals surface area contributed by atoms with E-state index in [4.69, 9.17) is 5.11 Å². The number of carbonyl (C=O) groups excluding carboxylic acids is 1. The third-order valence-corrected chi connectivity index (χ3v) is 3.29. The summed E-state index contributed by atoms with van der Waals surface area (Å²) >= 11 is 0. The van der Waals surface area contributed by atoms with Crippen molar-refractivity contribution >= 4 is 22.9 Å². The van der Waals surface area contributed by atoms with E-state index in [0.717, 1.165) is 5.52 Å². The lowest BCUT2D eigenvalue weighted by atomic mass is 10.2.